The van der Waals surface area contributed by atoms with Gasteiger partial charge in [0.25, 0.3) is 5.91 Å². The molecule has 2 aromatic rings. The van der Waals surface area contributed by atoms with Crippen LogP contribution in [0.15, 0.2) is 18.3 Å². The highest BCUT2D eigenvalue weighted by Crippen LogP contribution is 2.16. The maximum Gasteiger partial charge on any atom is 0.271 e. The van der Waals surface area contributed by atoms with Gasteiger partial charge in [-0.3, -0.25) is 9.48 Å². The number of amides is 1. The molecule has 2 rings (SSSR count). The lowest BCUT2D eigenvalue weighted by atomic mass is 10.2. The van der Waals surface area contributed by atoms with Crippen molar-refractivity contribution >= 4 is 23.3 Å². The van der Waals surface area contributed by atoms with E-state index in [0.29, 0.717) is 12.4 Å². The Morgan fingerprint density at radius 2 is 2.25 bits per heavy atom. The van der Waals surface area contributed by atoms with E-state index in [0.717, 1.165) is 11.3 Å². The van der Waals surface area contributed by atoms with Gasteiger partial charge >= 0.3 is 0 Å². The second kappa shape index (κ2) is 5.89. The lowest BCUT2D eigenvalue weighted by Crippen LogP contribution is -2.25. The van der Waals surface area contributed by atoms with E-state index < -0.39 is 0 Å². The largest absolute Gasteiger partial charge is 0.346 e. The molecule has 2 heterocycles. The van der Waals surface area contributed by atoms with Crippen molar-refractivity contribution in [3.05, 3.63) is 40.3 Å². The van der Waals surface area contributed by atoms with Gasteiger partial charge in [-0.15, -0.1) is 0 Å². The second-order valence-electron chi connectivity index (χ2n) is 4.27. The average molecular weight is 295 g/mol. The van der Waals surface area contributed by atoms with Gasteiger partial charge in [0.2, 0.25) is 0 Å². The molecule has 2 aromatic heterocycles. The molecule has 1 amide bonds. The first-order valence-electron chi connectivity index (χ1n) is 5.91. The highest BCUT2D eigenvalue weighted by Gasteiger charge is 2.13. The van der Waals surface area contributed by atoms with Crippen LogP contribution in [0.4, 0.5) is 5.82 Å². The lowest BCUT2D eigenvalue weighted by molar-refractivity contribution is 0.0946. The van der Waals surface area contributed by atoms with Crippen LogP contribution in [-0.2, 0) is 13.6 Å². The molecule has 0 fully saturated rings. The van der Waals surface area contributed by atoms with Gasteiger partial charge in [-0.2, -0.15) is 5.10 Å². The predicted molar refractivity (Wildman–Crippen MR) is 76.2 cm³/mol. The molecule has 7 nitrogen and oxygen atoms in total. The summed E-state index contributed by atoms with van der Waals surface area (Å²) in [5, 5.41) is 7.23. The molecule has 0 aliphatic carbocycles. The molecule has 0 aliphatic rings. The summed E-state index contributed by atoms with van der Waals surface area (Å²) in [7, 11) is 1.83. The third kappa shape index (κ3) is 3.06. The number of hydrogen-bond acceptors (Lipinski definition) is 5. The summed E-state index contributed by atoms with van der Waals surface area (Å²) in [5.74, 6) is 5.27. The van der Waals surface area contributed by atoms with E-state index in [2.05, 4.69) is 20.8 Å². The molecule has 0 saturated heterocycles. The summed E-state index contributed by atoms with van der Waals surface area (Å²) in [4.78, 5) is 16.1. The Bertz CT molecular complexity index is 639. The fourth-order valence-corrected chi connectivity index (χ4v) is 1.95. The van der Waals surface area contributed by atoms with E-state index >= 15 is 0 Å². The van der Waals surface area contributed by atoms with Crippen molar-refractivity contribution in [1.82, 2.24) is 20.1 Å². The number of hydrogen-bond donors (Lipinski definition) is 3. The Morgan fingerprint density at radius 1 is 1.50 bits per heavy atom. The van der Waals surface area contributed by atoms with Crippen LogP contribution in [-0.4, -0.2) is 20.7 Å². The smallest absolute Gasteiger partial charge is 0.271 e. The summed E-state index contributed by atoms with van der Waals surface area (Å²) in [5.41, 5.74) is 4.30. The van der Waals surface area contributed by atoms with Crippen molar-refractivity contribution in [2.24, 2.45) is 12.9 Å². The minimum atomic E-state index is -0.365. The quantitative estimate of drug-likeness (QED) is 0.577. The second-order valence-corrected chi connectivity index (χ2v) is 4.67. The van der Waals surface area contributed by atoms with Crippen molar-refractivity contribution < 1.29 is 4.79 Å². The Kier molecular flexibility index (Phi) is 4.21. The van der Waals surface area contributed by atoms with Crippen LogP contribution in [0.2, 0.25) is 5.02 Å². The van der Waals surface area contributed by atoms with E-state index in [1.807, 2.05) is 20.2 Å². The number of anilines is 1. The van der Waals surface area contributed by atoms with E-state index in [-0.39, 0.29) is 16.6 Å². The minimum absolute atomic E-state index is 0.128. The van der Waals surface area contributed by atoms with Gasteiger partial charge in [-0.05, 0) is 19.1 Å². The number of carbonyl (C=O) groups excluding carboxylic acids is 1. The Balaban J connectivity index is 2.10. The average Bonchev–Trinajstić information content (AvgIpc) is 2.75. The third-order valence-corrected chi connectivity index (χ3v) is 3.07. The number of pyridine rings is 1. The topological polar surface area (TPSA) is 97.9 Å². The van der Waals surface area contributed by atoms with Crippen LogP contribution in [0.3, 0.4) is 0 Å². The summed E-state index contributed by atoms with van der Waals surface area (Å²) in [6.07, 6.45) is 1.85. The van der Waals surface area contributed by atoms with Crippen molar-refractivity contribution in [2.75, 3.05) is 5.43 Å². The van der Waals surface area contributed by atoms with Gasteiger partial charge in [0.15, 0.2) is 0 Å². The normalized spacial score (nSPS) is 10.4. The molecule has 4 N–H and O–H groups in total. The molecular weight excluding hydrogens is 280 g/mol. The van der Waals surface area contributed by atoms with Gasteiger partial charge in [-0.25, -0.2) is 10.8 Å². The zero-order valence-corrected chi connectivity index (χ0v) is 11.9. The molecule has 0 aliphatic heterocycles. The van der Waals surface area contributed by atoms with Crippen molar-refractivity contribution in [1.29, 1.82) is 0 Å². The molecule has 0 saturated carbocycles. The van der Waals surface area contributed by atoms with Gasteiger partial charge < -0.3 is 10.7 Å². The molecular formula is C12H15ClN6O. The van der Waals surface area contributed by atoms with Crippen molar-refractivity contribution in [3.63, 3.8) is 0 Å². The van der Waals surface area contributed by atoms with Crippen LogP contribution in [0.25, 0.3) is 0 Å². The maximum absolute atomic E-state index is 12.1. The van der Waals surface area contributed by atoms with Crippen molar-refractivity contribution in [3.8, 4) is 0 Å². The van der Waals surface area contributed by atoms with Gasteiger partial charge in [0.05, 0.1) is 10.7 Å². The monoisotopic (exact) mass is 294 g/mol. The number of halogens is 1. The number of hydrazine groups is 1. The molecule has 0 aromatic carbocycles. The molecule has 0 unspecified atom stereocenters. The van der Waals surface area contributed by atoms with E-state index in [9.17, 15) is 4.79 Å². The molecule has 0 bridgehead atoms. The molecule has 8 heteroatoms. The number of aromatic nitrogens is 3. The molecule has 0 radical (unpaired) electrons. The van der Waals surface area contributed by atoms with Gasteiger partial charge in [0, 0.05) is 25.4 Å². The molecule has 20 heavy (non-hydrogen) atoms. The number of nitrogens with one attached hydrogen (secondary N) is 2. The fraction of sp³-hybridized carbons (Fsp3) is 0.250. The number of nitrogen functional groups attached to an aromatic ring is 1. The number of carbonyl (C=O) groups is 1. The standard InChI is InChI=1S/C12H15ClN6O/c1-7-8(6-19(2)18-7)5-15-12(20)11-9(13)3-4-10(16-11)17-14/h3-4,6H,5,14H2,1-2H3,(H,15,20)(H,16,17). The maximum atomic E-state index is 12.1. The summed E-state index contributed by atoms with van der Waals surface area (Å²) >= 11 is 5.96. The zero-order valence-electron chi connectivity index (χ0n) is 11.1. The van der Waals surface area contributed by atoms with Crippen molar-refractivity contribution in [2.45, 2.75) is 13.5 Å². The first-order valence-corrected chi connectivity index (χ1v) is 6.29. The highest BCUT2D eigenvalue weighted by molar-refractivity contribution is 6.33. The fourth-order valence-electron chi connectivity index (χ4n) is 1.76. The number of rotatable bonds is 4. The molecule has 106 valence electrons. The van der Waals surface area contributed by atoms with E-state index in [1.54, 1.807) is 16.8 Å². The van der Waals surface area contributed by atoms with Gasteiger partial charge in [0.1, 0.15) is 11.5 Å². The highest BCUT2D eigenvalue weighted by atomic mass is 35.5. The van der Waals surface area contributed by atoms with Gasteiger partial charge in [-0.1, -0.05) is 11.6 Å². The Hall–Kier alpha value is -2.12. The molecule has 0 atom stereocenters. The summed E-state index contributed by atoms with van der Waals surface area (Å²) < 4.78 is 1.70. The zero-order chi connectivity index (χ0) is 14.7. The van der Waals surface area contributed by atoms with Crippen LogP contribution >= 0.6 is 11.6 Å². The number of nitrogens with zero attached hydrogens (tertiary/aromatic N) is 3. The van der Waals surface area contributed by atoms with Crippen LogP contribution < -0.4 is 16.6 Å². The number of aryl methyl sites for hydroxylation is 2. The van der Waals surface area contributed by atoms with E-state index in [1.165, 1.54) is 0 Å². The first-order chi connectivity index (χ1) is 9.51. The Labute approximate surface area is 121 Å². The lowest BCUT2D eigenvalue weighted by Gasteiger charge is -2.07. The summed E-state index contributed by atoms with van der Waals surface area (Å²) in [6.45, 7) is 2.24. The Morgan fingerprint density at radius 3 is 2.85 bits per heavy atom. The minimum Gasteiger partial charge on any atom is -0.346 e. The number of nitrogens with two attached hydrogens (primary N) is 1. The van der Waals surface area contributed by atoms with Crippen LogP contribution in [0, 0.1) is 6.92 Å². The summed E-state index contributed by atoms with van der Waals surface area (Å²) in [6, 6.07) is 3.15. The van der Waals surface area contributed by atoms with Crippen LogP contribution in [0.1, 0.15) is 21.7 Å². The third-order valence-electron chi connectivity index (χ3n) is 2.76. The van der Waals surface area contributed by atoms with Crippen LogP contribution in [0.5, 0.6) is 0 Å². The SMILES string of the molecule is Cc1nn(C)cc1CNC(=O)c1nc(NN)ccc1Cl. The first kappa shape index (κ1) is 14.3. The van der Waals surface area contributed by atoms with E-state index in [4.69, 9.17) is 17.4 Å². The predicted octanol–water partition coefficient (Wildman–Crippen LogP) is 0.993. The molecule has 0 spiro atoms.